The quantitative estimate of drug-likeness (QED) is 0.715. The van der Waals surface area contributed by atoms with Crippen molar-refractivity contribution in [2.45, 2.75) is 6.92 Å². The Morgan fingerprint density at radius 3 is 2.53 bits per heavy atom. The van der Waals surface area contributed by atoms with Crippen LogP contribution in [0.4, 0.5) is 0 Å². The van der Waals surface area contributed by atoms with Gasteiger partial charge in [0, 0.05) is 11.1 Å². The molecule has 1 N–H and O–H groups in total. The third kappa shape index (κ3) is 1.77. The van der Waals surface area contributed by atoms with Gasteiger partial charge < -0.3 is 5.11 Å². The summed E-state index contributed by atoms with van der Waals surface area (Å²) in [7, 11) is 0. The molecule has 94 valence electrons. The van der Waals surface area contributed by atoms with Crippen LogP contribution in [-0.4, -0.2) is 15.1 Å². The second-order valence-corrected chi connectivity index (χ2v) is 5.12. The molecule has 0 atom stereocenters. The van der Waals surface area contributed by atoms with Crippen molar-refractivity contribution in [2.75, 3.05) is 0 Å². The molecule has 0 aliphatic rings. The molecule has 2 heterocycles. The molecule has 19 heavy (non-hydrogen) atoms. The molecule has 3 rings (SSSR count). The molecule has 0 fully saturated rings. The minimum atomic E-state index is -0.817. The first-order chi connectivity index (χ1) is 9.08. The number of aromatic hydroxyl groups is 1. The number of thiophene rings is 1. The van der Waals surface area contributed by atoms with Gasteiger partial charge in [-0.15, -0.1) is 11.3 Å². The van der Waals surface area contributed by atoms with Gasteiger partial charge in [0.25, 0.3) is 5.43 Å². The molecule has 3 aromatic rings. The molecule has 6 heteroatoms. The molecule has 0 radical (unpaired) electrons. The van der Waals surface area contributed by atoms with E-state index in [4.69, 9.17) is 0 Å². The van der Waals surface area contributed by atoms with Gasteiger partial charge in [0.05, 0.1) is 16.1 Å². The van der Waals surface area contributed by atoms with Gasteiger partial charge in [-0.2, -0.15) is 0 Å². The molecule has 0 bridgehead atoms. The van der Waals surface area contributed by atoms with Crippen LogP contribution in [0, 0.1) is 6.92 Å². The monoisotopic (exact) mass is 272 g/mol. The summed E-state index contributed by atoms with van der Waals surface area (Å²) in [5.41, 5.74) is -0.596. The van der Waals surface area contributed by atoms with Crippen LogP contribution in [0.2, 0.25) is 0 Å². The van der Waals surface area contributed by atoms with Crippen molar-refractivity contribution < 1.29 is 5.11 Å². The van der Waals surface area contributed by atoms with Crippen LogP contribution < -0.4 is 10.9 Å². The van der Waals surface area contributed by atoms with E-state index in [0.717, 1.165) is 10.6 Å². The number of rotatable bonds is 2. The summed E-state index contributed by atoms with van der Waals surface area (Å²) >= 11 is 1.31. The van der Waals surface area contributed by atoms with Crippen LogP contribution >= 0.6 is 11.3 Å². The predicted molar refractivity (Wildman–Crippen MR) is 72.1 cm³/mol. The smallest absolute Gasteiger partial charge is 0.268 e. The van der Waals surface area contributed by atoms with Gasteiger partial charge in [0.1, 0.15) is 5.82 Å². The zero-order valence-corrected chi connectivity index (χ0v) is 10.7. The zero-order valence-electron chi connectivity index (χ0n) is 9.88. The van der Waals surface area contributed by atoms with Crippen molar-refractivity contribution in [3.8, 4) is 26.8 Å². The maximum absolute atomic E-state index is 11.4. The van der Waals surface area contributed by atoms with E-state index in [-0.39, 0.29) is 5.56 Å². The molecule has 2 aromatic heterocycles. The number of hydrogen-bond acceptors (Lipinski definition) is 6. The van der Waals surface area contributed by atoms with Crippen molar-refractivity contribution in [1.29, 1.82) is 0 Å². The van der Waals surface area contributed by atoms with Gasteiger partial charge in [0.2, 0.25) is 5.43 Å². The van der Waals surface area contributed by atoms with Crippen LogP contribution in [0.5, 0.6) is 5.75 Å². The Kier molecular flexibility index (Phi) is 2.53. The predicted octanol–water partition coefficient (Wildman–Crippen LogP) is 1.48. The minimum Gasteiger partial charge on any atom is -0.503 e. The standard InChI is InChI=1S/C13H8N2O3S/c1-6-14-5-4-7(15-6)8-2-3-9(19-8)10-11(16)13(18)12(10)17/h2-5,16H,1H3. The SMILES string of the molecule is Cc1nccc(-c2ccc(-c3c(O)c(=O)c3=O)s2)n1. The van der Waals surface area contributed by atoms with E-state index in [1.165, 1.54) is 11.3 Å². The largest absolute Gasteiger partial charge is 0.503 e. The lowest BCUT2D eigenvalue weighted by atomic mass is 10.1. The second-order valence-electron chi connectivity index (χ2n) is 4.03. The lowest BCUT2D eigenvalue weighted by Gasteiger charge is -2.01. The highest BCUT2D eigenvalue weighted by Crippen LogP contribution is 2.35. The van der Waals surface area contributed by atoms with E-state index in [0.29, 0.717) is 10.7 Å². The van der Waals surface area contributed by atoms with Crippen molar-refractivity contribution in [3.05, 3.63) is 50.7 Å². The number of aromatic nitrogens is 2. The first kappa shape index (κ1) is 11.7. The van der Waals surface area contributed by atoms with Crippen molar-refractivity contribution in [3.63, 3.8) is 0 Å². The Hall–Kier alpha value is -2.34. The third-order valence-electron chi connectivity index (χ3n) is 2.77. The highest BCUT2D eigenvalue weighted by atomic mass is 32.1. The number of nitrogens with zero attached hydrogens (tertiary/aromatic N) is 2. The third-order valence-corrected chi connectivity index (χ3v) is 3.89. The second kappa shape index (κ2) is 4.10. The molecule has 0 saturated carbocycles. The molecule has 0 saturated heterocycles. The fraction of sp³-hybridized carbons (Fsp3) is 0.0769. The molecule has 5 nitrogen and oxygen atoms in total. The van der Waals surface area contributed by atoms with Crippen LogP contribution in [0.1, 0.15) is 5.82 Å². The Balaban J connectivity index is 2.06. The molecule has 0 aliphatic carbocycles. The minimum absolute atomic E-state index is 0.104. The first-order valence-corrected chi connectivity index (χ1v) is 6.32. The summed E-state index contributed by atoms with van der Waals surface area (Å²) in [4.78, 5) is 32.1. The lowest BCUT2D eigenvalue weighted by Crippen LogP contribution is -2.31. The van der Waals surface area contributed by atoms with Crippen molar-refractivity contribution in [1.82, 2.24) is 9.97 Å². The van der Waals surface area contributed by atoms with Gasteiger partial charge in [-0.25, -0.2) is 9.97 Å². The summed E-state index contributed by atoms with van der Waals surface area (Å²) in [6, 6.07) is 5.27. The van der Waals surface area contributed by atoms with Crippen LogP contribution in [0.15, 0.2) is 34.0 Å². The summed E-state index contributed by atoms with van der Waals surface area (Å²) in [5, 5.41) is 9.41. The first-order valence-electron chi connectivity index (χ1n) is 5.50. The van der Waals surface area contributed by atoms with Gasteiger partial charge in [-0.1, -0.05) is 0 Å². The summed E-state index contributed by atoms with van der Waals surface area (Å²) in [5.74, 6) is 0.210. The van der Waals surface area contributed by atoms with Gasteiger partial charge >= 0.3 is 0 Å². The normalized spacial score (nSPS) is 11.0. The molecule has 0 aliphatic heterocycles. The van der Waals surface area contributed by atoms with E-state index >= 15 is 0 Å². The Bertz CT molecular complexity index is 844. The fourth-order valence-electron chi connectivity index (χ4n) is 1.81. The van der Waals surface area contributed by atoms with Gasteiger partial charge in [-0.3, -0.25) is 9.59 Å². The summed E-state index contributed by atoms with van der Waals surface area (Å²) in [6.45, 7) is 1.79. The van der Waals surface area contributed by atoms with Crippen LogP contribution in [0.25, 0.3) is 21.0 Å². The Labute approximate surface area is 111 Å². The molecular formula is C13H8N2O3S. The molecule has 1 aromatic carbocycles. The maximum Gasteiger partial charge on any atom is 0.268 e. The molecule has 0 unspecified atom stereocenters. The highest BCUT2D eigenvalue weighted by molar-refractivity contribution is 7.18. The fourth-order valence-corrected chi connectivity index (χ4v) is 2.83. The number of hydrogen-bond donors (Lipinski definition) is 1. The van der Waals surface area contributed by atoms with E-state index in [2.05, 4.69) is 9.97 Å². The van der Waals surface area contributed by atoms with E-state index in [1.54, 1.807) is 31.3 Å². The van der Waals surface area contributed by atoms with Crippen molar-refractivity contribution in [2.24, 2.45) is 0 Å². The van der Waals surface area contributed by atoms with Crippen molar-refractivity contribution >= 4 is 11.3 Å². The summed E-state index contributed by atoms with van der Waals surface area (Å²) in [6.07, 6.45) is 1.66. The van der Waals surface area contributed by atoms with E-state index in [1.807, 2.05) is 0 Å². The zero-order chi connectivity index (χ0) is 13.6. The Morgan fingerprint density at radius 2 is 1.84 bits per heavy atom. The Morgan fingerprint density at radius 1 is 1.11 bits per heavy atom. The maximum atomic E-state index is 11.4. The van der Waals surface area contributed by atoms with Crippen LogP contribution in [-0.2, 0) is 0 Å². The topological polar surface area (TPSA) is 80.2 Å². The molecule has 0 spiro atoms. The average molecular weight is 272 g/mol. The number of aryl methyl sites for hydroxylation is 1. The van der Waals surface area contributed by atoms with E-state index < -0.39 is 16.6 Å². The summed E-state index contributed by atoms with van der Waals surface area (Å²) < 4.78 is 0. The van der Waals surface area contributed by atoms with Gasteiger partial charge in [0.15, 0.2) is 5.75 Å². The average Bonchev–Trinajstić information content (AvgIpc) is 2.88. The lowest BCUT2D eigenvalue weighted by molar-refractivity contribution is 0.466. The highest BCUT2D eigenvalue weighted by Gasteiger charge is 2.23. The van der Waals surface area contributed by atoms with Gasteiger partial charge in [-0.05, 0) is 25.1 Å². The van der Waals surface area contributed by atoms with Crippen LogP contribution in [0.3, 0.4) is 0 Å². The molecular weight excluding hydrogens is 264 g/mol. The van der Waals surface area contributed by atoms with E-state index in [9.17, 15) is 14.7 Å². The molecule has 0 amide bonds.